The van der Waals surface area contributed by atoms with Crippen molar-refractivity contribution < 1.29 is 13.9 Å². The fourth-order valence-corrected chi connectivity index (χ4v) is 4.54. The van der Waals surface area contributed by atoms with Crippen LogP contribution in [0.2, 0.25) is 0 Å². The molecule has 5 rings (SSSR count). The molecule has 4 aromatic rings. The topological polar surface area (TPSA) is 76.4 Å². The third-order valence-corrected chi connectivity index (χ3v) is 6.31. The Morgan fingerprint density at radius 2 is 1.67 bits per heavy atom. The van der Waals surface area contributed by atoms with Crippen LogP contribution in [0.1, 0.15) is 12.8 Å². The Labute approximate surface area is 192 Å². The molecule has 6 nitrogen and oxygen atoms in total. The highest BCUT2D eigenvalue weighted by Crippen LogP contribution is 2.42. The Kier molecular flexibility index (Phi) is 5.64. The van der Waals surface area contributed by atoms with Crippen LogP contribution in [-0.2, 0) is 0 Å². The summed E-state index contributed by atoms with van der Waals surface area (Å²) in [6.45, 7) is 1.70. The van der Waals surface area contributed by atoms with Gasteiger partial charge in [-0.3, -0.25) is 4.98 Å². The van der Waals surface area contributed by atoms with E-state index in [1.54, 1.807) is 26.4 Å². The smallest absolute Gasteiger partial charge is 0.123 e. The molecule has 2 aromatic heterocycles. The molecule has 170 valence electrons. The van der Waals surface area contributed by atoms with E-state index in [-0.39, 0.29) is 11.9 Å². The molecule has 1 aliphatic heterocycles. The second kappa shape index (κ2) is 8.75. The number of rotatable bonds is 5. The van der Waals surface area contributed by atoms with Gasteiger partial charge in [0.15, 0.2) is 0 Å². The Hall–Kier alpha value is -3.58. The third-order valence-electron chi connectivity index (χ3n) is 6.31. The number of halogens is 1. The van der Waals surface area contributed by atoms with Crippen molar-refractivity contribution in [3.05, 3.63) is 60.7 Å². The minimum absolute atomic E-state index is 0.211. The first-order chi connectivity index (χ1) is 16.1. The van der Waals surface area contributed by atoms with Gasteiger partial charge in [-0.25, -0.2) is 4.39 Å². The quantitative estimate of drug-likeness (QED) is 0.452. The van der Waals surface area contributed by atoms with Crippen LogP contribution < -0.4 is 20.1 Å². The van der Waals surface area contributed by atoms with E-state index in [0.29, 0.717) is 11.5 Å². The largest absolute Gasteiger partial charge is 0.497 e. The number of nitrogens with one attached hydrogen (secondary N) is 1. The average molecular weight is 447 g/mol. The zero-order chi connectivity index (χ0) is 22.9. The monoisotopic (exact) mass is 446 g/mol. The normalized spacial score (nSPS) is 14.6. The van der Waals surface area contributed by atoms with Gasteiger partial charge < -0.3 is 25.1 Å². The molecule has 0 atom stereocenters. The van der Waals surface area contributed by atoms with Gasteiger partial charge in [-0.05, 0) is 54.8 Å². The minimum atomic E-state index is -0.256. The number of anilines is 1. The maximum absolute atomic E-state index is 13.8. The van der Waals surface area contributed by atoms with E-state index in [1.807, 2.05) is 36.7 Å². The van der Waals surface area contributed by atoms with Crippen molar-refractivity contribution in [3.8, 4) is 33.9 Å². The molecular formula is C26H27FN4O2. The molecule has 33 heavy (non-hydrogen) atoms. The highest BCUT2D eigenvalue weighted by Gasteiger charge is 2.24. The fraction of sp³-hybridized carbons (Fsp3) is 0.269. The predicted octanol–water partition coefficient (Wildman–Crippen LogP) is 4.98. The Morgan fingerprint density at radius 3 is 2.36 bits per heavy atom. The summed E-state index contributed by atoms with van der Waals surface area (Å²) in [4.78, 5) is 10.4. The molecule has 0 saturated carbocycles. The lowest BCUT2D eigenvalue weighted by atomic mass is 9.97. The van der Waals surface area contributed by atoms with E-state index in [9.17, 15) is 4.39 Å². The van der Waals surface area contributed by atoms with Gasteiger partial charge in [-0.1, -0.05) is 0 Å². The minimum Gasteiger partial charge on any atom is -0.497 e. The number of hydrogen-bond acceptors (Lipinski definition) is 5. The maximum atomic E-state index is 13.8. The van der Waals surface area contributed by atoms with Crippen LogP contribution >= 0.6 is 0 Å². The van der Waals surface area contributed by atoms with E-state index in [4.69, 9.17) is 15.2 Å². The molecule has 0 amide bonds. The fourth-order valence-electron chi connectivity index (χ4n) is 4.54. The zero-order valence-electron chi connectivity index (χ0n) is 18.8. The summed E-state index contributed by atoms with van der Waals surface area (Å²) in [6, 6.07) is 12.8. The van der Waals surface area contributed by atoms with Gasteiger partial charge in [0.2, 0.25) is 0 Å². The predicted molar refractivity (Wildman–Crippen MR) is 129 cm³/mol. The van der Waals surface area contributed by atoms with Crippen molar-refractivity contribution in [1.29, 1.82) is 0 Å². The summed E-state index contributed by atoms with van der Waals surface area (Å²) in [5.41, 5.74) is 11.9. The number of methoxy groups -OCH3 is 2. The molecule has 7 heteroatoms. The second-order valence-corrected chi connectivity index (χ2v) is 8.42. The van der Waals surface area contributed by atoms with E-state index < -0.39 is 0 Å². The van der Waals surface area contributed by atoms with E-state index in [0.717, 1.165) is 64.9 Å². The second-order valence-electron chi connectivity index (χ2n) is 8.42. The first-order valence-electron chi connectivity index (χ1n) is 11.1. The van der Waals surface area contributed by atoms with Crippen LogP contribution in [0.5, 0.6) is 11.5 Å². The summed E-state index contributed by atoms with van der Waals surface area (Å²) >= 11 is 0. The average Bonchev–Trinajstić information content (AvgIpc) is 3.27. The lowest BCUT2D eigenvalue weighted by molar-refractivity contribution is 0.394. The summed E-state index contributed by atoms with van der Waals surface area (Å²) in [6.07, 6.45) is 5.58. The van der Waals surface area contributed by atoms with Crippen LogP contribution in [0, 0.1) is 5.82 Å². The molecule has 0 spiro atoms. The van der Waals surface area contributed by atoms with Gasteiger partial charge in [0.25, 0.3) is 0 Å². The Morgan fingerprint density at radius 1 is 0.970 bits per heavy atom. The maximum Gasteiger partial charge on any atom is 0.123 e. The summed E-state index contributed by atoms with van der Waals surface area (Å²) in [5, 5.41) is 0.824. The number of nitrogens with two attached hydrogens (primary N) is 1. The summed E-state index contributed by atoms with van der Waals surface area (Å²) in [5.74, 6) is 1.17. The van der Waals surface area contributed by atoms with E-state index in [2.05, 4.69) is 14.9 Å². The molecule has 3 heterocycles. The van der Waals surface area contributed by atoms with Crippen molar-refractivity contribution in [3.63, 3.8) is 0 Å². The van der Waals surface area contributed by atoms with Crippen molar-refractivity contribution >= 4 is 16.6 Å². The van der Waals surface area contributed by atoms with Crippen LogP contribution in [0.4, 0.5) is 10.1 Å². The first-order valence-corrected chi connectivity index (χ1v) is 11.1. The standard InChI is InChI=1S/C26H27FN4O2/c1-32-20-10-16(11-21(13-20)33-2)22-14-29-15-23(26(22)31-7-5-19(28)6-8-31)25-12-17-9-18(27)3-4-24(17)30-25/h3-4,9-15,19,30H,5-8,28H2,1-2H3. The summed E-state index contributed by atoms with van der Waals surface area (Å²) in [7, 11) is 3.29. The molecule has 0 bridgehead atoms. The van der Waals surface area contributed by atoms with E-state index >= 15 is 0 Å². The number of benzene rings is 2. The van der Waals surface area contributed by atoms with Crippen LogP contribution in [0.3, 0.4) is 0 Å². The zero-order valence-corrected chi connectivity index (χ0v) is 18.8. The van der Waals surface area contributed by atoms with Crippen LogP contribution in [0.25, 0.3) is 33.3 Å². The number of aromatic amines is 1. The van der Waals surface area contributed by atoms with Gasteiger partial charge in [0.1, 0.15) is 17.3 Å². The first kappa shape index (κ1) is 21.3. The molecule has 0 radical (unpaired) electrons. The number of fused-ring (bicyclic) bond motifs is 1. The molecule has 1 fully saturated rings. The highest BCUT2D eigenvalue weighted by atomic mass is 19.1. The Balaban J connectivity index is 1.71. The van der Waals surface area contributed by atoms with Gasteiger partial charge in [-0.2, -0.15) is 0 Å². The van der Waals surface area contributed by atoms with Crippen molar-refractivity contribution in [1.82, 2.24) is 9.97 Å². The molecule has 0 unspecified atom stereocenters. The van der Waals surface area contributed by atoms with Crippen LogP contribution in [0.15, 0.2) is 54.9 Å². The van der Waals surface area contributed by atoms with Gasteiger partial charge in [0, 0.05) is 59.6 Å². The molecular weight excluding hydrogens is 419 g/mol. The lowest BCUT2D eigenvalue weighted by Crippen LogP contribution is -2.40. The van der Waals surface area contributed by atoms with Gasteiger partial charge >= 0.3 is 0 Å². The Bertz CT molecular complexity index is 1270. The molecule has 3 N–H and O–H groups in total. The number of H-pyrrole nitrogens is 1. The molecule has 1 saturated heterocycles. The lowest BCUT2D eigenvalue weighted by Gasteiger charge is -2.34. The summed E-state index contributed by atoms with van der Waals surface area (Å²) < 4.78 is 24.8. The van der Waals surface area contributed by atoms with Gasteiger partial charge in [-0.15, -0.1) is 0 Å². The number of aromatic nitrogens is 2. The van der Waals surface area contributed by atoms with Crippen LogP contribution in [-0.4, -0.2) is 43.3 Å². The molecule has 0 aliphatic carbocycles. The SMILES string of the molecule is COc1cc(OC)cc(-c2cncc(-c3cc4cc(F)ccc4[nH]3)c2N2CCC(N)CC2)c1. The molecule has 1 aliphatic rings. The number of ether oxygens (including phenoxy) is 2. The number of nitrogens with zero attached hydrogens (tertiary/aromatic N) is 2. The van der Waals surface area contributed by atoms with Crippen molar-refractivity contribution in [2.45, 2.75) is 18.9 Å². The van der Waals surface area contributed by atoms with Crippen molar-refractivity contribution in [2.24, 2.45) is 5.73 Å². The van der Waals surface area contributed by atoms with E-state index in [1.165, 1.54) is 6.07 Å². The van der Waals surface area contributed by atoms with Gasteiger partial charge in [0.05, 0.1) is 25.6 Å². The number of hydrogen-bond donors (Lipinski definition) is 2. The number of piperidine rings is 1. The number of pyridine rings is 1. The third kappa shape index (κ3) is 4.12. The molecule has 2 aromatic carbocycles. The highest BCUT2D eigenvalue weighted by molar-refractivity contribution is 5.94. The van der Waals surface area contributed by atoms with Crippen molar-refractivity contribution in [2.75, 3.05) is 32.2 Å².